The Hall–Kier alpha value is -1.85. The monoisotopic (exact) mass is 251 g/mol. The average molecular weight is 251 g/mol. The lowest BCUT2D eigenvalue weighted by Gasteiger charge is -2.14. The SMILES string of the molecule is CCc1[nH]nc(N2CC(C(=O)OC)CC2=O)c1C. The number of esters is 1. The van der Waals surface area contributed by atoms with Gasteiger partial charge in [-0.3, -0.25) is 19.6 Å². The van der Waals surface area contributed by atoms with Crippen LogP contribution in [0.1, 0.15) is 24.6 Å². The predicted octanol–water partition coefficient (Wildman–Crippen LogP) is 0.806. The van der Waals surface area contributed by atoms with E-state index < -0.39 is 0 Å². The van der Waals surface area contributed by atoms with Gasteiger partial charge in [0.25, 0.3) is 0 Å². The maximum absolute atomic E-state index is 11.9. The van der Waals surface area contributed by atoms with Crippen molar-refractivity contribution in [2.75, 3.05) is 18.6 Å². The molecule has 6 nitrogen and oxygen atoms in total. The molecule has 1 aromatic rings. The van der Waals surface area contributed by atoms with Crippen LogP contribution in [0.15, 0.2) is 0 Å². The Kier molecular flexibility index (Phi) is 3.36. The zero-order chi connectivity index (χ0) is 13.3. The van der Waals surface area contributed by atoms with Gasteiger partial charge in [-0.2, -0.15) is 5.10 Å². The Morgan fingerprint density at radius 2 is 2.33 bits per heavy atom. The first-order valence-corrected chi connectivity index (χ1v) is 6.00. The maximum atomic E-state index is 11.9. The molecular formula is C12H17N3O3. The number of nitrogens with zero attached hydrogens (tertiary/aromatic N) is 2. The molecule has 0 aromatic carbocycles. The molecule has 1 amide bonds. The third-order valence-corrected chi connectivity index (χ3v) is 3.35. The number of hydrogen-bond acceptors (Lipinski definition) is 4. The van der Waals surface area contributed by atoms with Crippen molar-refractivity contribution in [3.05, 3.63) is 11.3 Å². The molecule has 0 bridgehead atoms. The number of ether oxygens (including phenoxy) is 1. The average Bonchev–Trinajstić information content (AvgIpc) is 2.91. The lowest BCUT2D eigenvalue weighted by atomic mass is 10.1. The summed E-state index contributed by atoms with van der Waals surface area (Å²) >= 11 is 0. The molecule has 0 radical (unpaired) electrons. The Bertz CT molecular complexity index is 481. The molecule has 1 aromatic heterocycles. The fraction of sp³-hybridized carbons (Fsp3) is 0.583. The van der Waals surface area contributed by atoms with E-state index in [9.17, 15) is 9.59 Å². The topological polar surface area (TPSA) is 75.3 Å². The van der Waals surface area contributed by atoms with E-state index in [4.69, 9.17) is 0 Å². The Morgan fingerprint density at radius 1 is 1.61 bits per heavy atom. The van der Waals surface area contributed by atoms with Crippen LogP contribution >= 0.6 is 0 Å². The van der Waals surface area contributed by atoms with Gasteiger partial charge in [0.2, 0.25) is 5.91 Å². The van der Waals surface area contributed by atoms with Crippen LogP contribution in [-0.4, -0.2) is 35.7 Å². The van der Waals surface area contributed by atoms with Crippen molar-refractivity contribution in [2.24, 2.45) is 5.92 Å². The van der Waals surface area contributed by atoms with Gasteiger partial charge < -0.3 is 4.74 Å². The van der Waals surface area contributed by atoms with E-state index in [0.29, 0.717) is 12.4 Å². The summed E-state index contributed by atoms with van der Waals surface area (Å²) in [7, 11) is 1.34. The summed E-state index contributed by atoms with van der Waals surface area (Å²) in [4.78, 5) is 24.9. The Morgan fingerprint density at radius 3 is 2.89 bits per heavy atom. The van der Waals surface area contributed by atoms with Crippen molar-refractivity contribution < 1.29 is 14.3 Å². The van der Waals surface area contributed by atoms with E-state index >= 15 is 0 Å². The number of carbonyl (C=O) groups is 2. The predicted molar refractivity (Wildman–Crippen MR) is 65.2 cm³/mol. The van der Waals surface area contributed by atoms with Crippen LogP contribution in [0.5, 0.6) is 0 Å². The third kappa shape index (κ3) is 1.98. The minimum atomic E-state index is -0.385. The largest absolute Gasteiger partial charge is 0.469 e. The quantitative estimate of drug-likeness (QED) is 0.806. The van der Waals surface area contributed by atoms with Crippen molar-refractivity contribution in [1.82, 2.24) is 10.2 Å². The number of nitrogens with one attached hydrogen (secondary N) is 1. The van der Waals surface area contributed by atoms with Gasteiger partial charge in [0.15, 0.2) is 5.82 Å². The zero-order valence-electron chi connectivity index (χ0n) is 10.8. The van der Waals surface area contributed by atoms with Gasteiger partial charge in [-0.05, 0) is 13.3 Å². The van der Waals surface area contributed by atoms with Crippen LogP contribution < -0.4 is 4.90 Å². The minimum absolute atomic E-state index is 0.0809. The molecule has 0 spiro atoms. The fourth-order valence-electron chi connectivity index (χ4n) is 2.27. The first-order valence-electron chi connectivity index (χ1n) is 6.00. The number of anilines is 1. The normalized spacial score (nSPS) is 19.4. The van der Waals surface area contributed by atoms with Crippen LogP contribution in [0.2, 0.25) is 0 Å². The number of methoxy groups -OCH3 is 1. The number of aryl methyl sites for hydroxylation is 1. The van der Waals surface area contributed by atoms with E-state index in [-0.39, 0.29) is 24.2 Å². The summed E-state index contributed by atoms with van der Waals surface area (Å²) in [5.41, 5.74) is 1.98. The molecule has 1 fully saturated rings. The number of carbonyl (C=O) groups excluding carboxylic acids is 2. The number of rotatable bonds is 3. The standard InChI is InChI=1S/C12H17N3O3/c1-4-9-7(2)11(14-13-9)15-6-8(5-10(15)16)12(17)18-3/h8H,4-6H2,1-3H3,(H,13,14). The number of H-pyrrole nitrogens is 1. The highest BCUT2D eigenvalue weighted by molar-refractivity contribution is 5.99. The molecule has 1 aliphatic heterocycles. The van der Waals surface area contributed by atoms with Crippen molar-refractivity contribution in [3.8, 4) is 0 Å². The summed E-state index contributed by atoms with van der Waals surface area (Å²) in [6.07, 6.45) is 1.03. The van der Waals surface area contributed by atoms with E-state index in [1.165, 1.54) is 7.11 Å². The lowest BCUT2D eigenvalue weighted by molar-refractivity contribution is -0.145. The van der Waals surface area contributed by atoms with Gasteiger partial charge in [0.1, 0.15) is 0 Å². The van der Waals surface area contributed by atoms with Gasteiger partial charge in [-0.1, -0.05) is 6.92 Å². The maximum Gasteiger partial charge on any atom is 0.311 e. The molecule has 0 saturated carbocycles. The van der Waals surface area contributed by atoms with Gasteiger partial charge in [-0.25, -0.2) is 0 Å². The van der Waals surface area contributed by atoms with Crippen LogP contribution in [0.25, 0.3) is 0 Å². The smallest absolute Gasteiger partial charge is 0.311 e. The summed E-state index contributed by atoms with van der Waals surface area (Å²) in [6.45, 7) is 4.30. The highest BCUT2D eigenvalue weighted by atomic mass is 16.5. The van der Waals surface area contributed by atoms with Gasteiger partial charge in [0.05, 0.1) is 13.0 Å². The first kappa shape index (κ1) is 12.6. The molecule has 2 rings (SSSR count). The van der Waals surface area contributed by atoms with Crippen LogP contribution in [-0.2, 0) is 20.7 Å². The van der Waals surface area contributed by atoms with Crippen molar-refractivity contribution >= 4 is 17.7 Å². The third-order valence-electron chi connectivity index (χ3n) is 3.35. The molecular weight excluding hydrogens is 234 g/mol. The fourth-order valence-corrected chi connectivity index (χ4v) is 2.27. The molecule has 1 aliphatic rings. The van der Waals surface area contributed by atoms with Crippen molar-refractivity contribution in [3.63, 3.8) is 0 Å². The summed E-state index contributed by atoms with van der Waals surface area (Å²) in [5, 5.41) is 7.09. The van der Waals surface area contributed by atoms with Crippen LogP contribution in [0.4, 0.5) is 5.82 Å². The molecule has 6 heteroatoms. The second-order valence-corrected chi connectivity index (χ2v) is 4.43. The summed E-state index contributed by atoms with van der Waals surface area (Å²) < 4.78 is 4.68. The summed E-state index contributed by atoms with van der Waals surface area (Å²) in [6, 6.07) is 0. The van der Waals surface area contributed by atoms with E-state index in [1.54, 1.807) is 4.90 Å². The number of amides is 1. The molecule has 1 unspecified atom stereocenters. The number of aromatic nitrogens is 2. The molecule has 18 heavy (non-hydrogen) atoms. The van der Waals surface area contributed by atoms with Gasteiger partial charge in [-0.15, -0.1) is 0 Å². The minimum Gasteiger partial charge on any atom is -0.469 e. The second-order valence-electron chi connectivity index (χ2n) is 4.43. The summed E-state index contributed by atoms with van der Waals surface area (Å²) in [5.74, 6) is -0.177. The van der Waals surface area contributed by atoms with E-state index in [1.807, 2.05) is 13.8 Å². The highest BCUT2D eigenvalue weighted by Crippen LogP contribution is 2.28. The number of aromatic amines is 1. The molecule has 2 heterocycles. The molecule has 1 saturated heterocycles. The van der Waals surface area contributed by atoms with Crippen molar-refractivity contribution in [2.45, 2.75) is 26.7 Å². The Balaban J connectivity index is 2.21. The van der Waals surface area contributed by atoms with E-state index in [0.717, 1.165) is 17.7 Å². The molecule has 0 aliphatic carbocycles. The lowest BCUT2D eigenvalue weighted by Crippen LogP contribution is -2.27. The van der Waals surface area contributed by atoms with Gasteiger partial charge >= 0.3 is 5.97 Å². The zero-order valence-corrected chi connectivity index (χ0v) is 10.8. The first-order chi connectivity index (χ1) is 8.58. The second kappa shape index (κ2) is 4.80. The molecule has 1 atom stereocenters. The van der Waals surface area contributed by atoms with E-state index in [2.05, 4.69) is 14.9 Å². The number of hydrogen-bond donors (Lipinski definition) is 1. The van der Waals surface area contributed by atoms with Crippen LogP contribution in [0.3, 0.4) is 0 Å². The molecule has 1 N–H and O–H groups in total. The Labute approximate surface area is 105 Å². The highest BCUT2D eigenvalue weighted by Gasteiger charge is 2.37. The van der Waals surface area contributed by atoms with Crippen molar-refractivity contribution in [1.29, 1.82) is 0 Å². The van der Waals surface area contributed by atoms with Crippen LogP contribution in [0, 0.1) is 12.8 Å². The molecule has 98 valence electrons. The van der Waals surface area contributed by atoms with Gasteiger partial charge in [0, 0.05) is 24.2 Å².